The Labute approximate surface area is 147 Å². The van der Waals surface area contributed by atoms with Crippen molar-refractivity contribution in [1.29, 1.82) is 0 Å². The van der Waals surface area contributed by atoms with Crippen molar-refractivity contribution in [3.05, 3.63) is 63.6 Å². The Morgan fingerprint density at radius 1 is 0.917 bits per heavy atom. The van der Waals surface area contributed by atoms with E-state index >= 15 is 0 Å². The topological polar surface area (TPSA) is 101 Å². The van der Waals surface area contributed by atoms with Gasteiger partial charge in [-0.05, 0) is 42.5 Å². The van der Waals surface area contributed by atoms with Crippen LogP contribution in [0.4, 0.5) is 5.69 Å². The third kappa shape index (κ3) is 4.71. The average Bonchev–Trinajstić information content (AvgIpc) is 2.55. The van der Waals surface area contributed by atoms with Gasteiger partial charge in [-0.15, -0.1) is 0 Å². The highest BCUT2D eigenvalue weighted by atomic mass is 35.5. The predicted octanol–water partition coefficient (Wildman–Crippen LogP) is 2.46. The number of rotatable bonds is 5. The van der Waals surface area contributed by atoms with E-state index in [9.17, 15) is 14.4 Å². The molecule has 0 fully saturated rings. The molecule has 0 aliphatic carbocycles. The number of hydrogen-bond donors (Lipinski definition) is 3. The summed E-state index contributed by atoms with van der Waals surface area (Å²) in [6.07, 6.45) is 0. The average molecular weight is 366 g/mol. The molecule has 0 atom stereocenters. The van der Waals surface area contributed by atoms with E-state index in [1.807, 2.05) is 0 Å². The fourth-order valence-corrected chi connectivity index (χ4v) is 2.12. The van der Waals surface area contributed by atoms with Crippen LogP contribution in [0.15, 0.2) is 42.5 Å². The third-order valence-electron chi connectivity index (χ3n) is 3.04. The van der Waals surface area contributed by atoms with Gasteiger partial charge in [0.05, 0.1) is 16.6 Å². The molecule has 124 valence electrons. The predicted molar refractivity (Wildman–Crippen MR) is 92.4 cm³/mol. The minimum atomic E-state index is -0.554. The summed E-state index contributed by atoms with van der Waals surface area (Å²) in [6, 6.07) is 10.5. The van der Waals surface area contributed by atoms with Gasteiger partial charge in [0.1, 0.15) is 0 Å². The van der Waals surface area contributed by atoms with Gasteiger partial charge in [0.15, 0.2) is 0 Å². The van der Waals surface area contributed by atoms with Crippen molar-refractivity contribution < 1.29 is 14.4 Å². The molecule has 0 bridgehead atoms. The van der Waals surface area contributed by atoms with E-state index in [4.69, 9.17) is 28.9 Å². The largest absolute Gasteiger partial charge is 0.366 e. The zero-order chi connectivity index (χ0) is 17.7. The van der Waals surface area contributed by atoms with Gasteiger partial charge in [-0.2, -0.15) is 0 Å². The number of halogens is 2. The quantitative estimate of drug-likeness (QED) is 0.758. The number of amides is 3. The minimum absolute atomic E-state index is 0.226. The second-order valence-corrected chi connectivity index (χ2v) is 5.62. The lowest BCUT2D eigenvalue weighted by Gasteiger charge is -2.08. The molecule has 0 aromatic heterocycles. The summed E-state index contributed by atoms with van der Waals surface area (Å²) in [4.78, 5) is 34.7. The number of anilines is 1. The van der Waals surface area contributed by atoms with Crippen molar-refractivity contribution >= 4 is 46.6 Å². The Morgan fingerprint density at radius 2 is 1.54 bits per heavy atom. The van der Waals surface area contributed by atoms with E-state index in [1.54, 1.807) is 12.1 Å². The molecule has 0 saturated carbocycles. The van der Waals surface area contributed by atoms with Gasteiger partial charge in [-0.25, -0.2) is 0 Å². The second kappa shape index (κ2) is 7.81. The van der Waals surface area contributed by atoms with Gasteiger partial charge >= 0.3 is 0 Å². The van der Waals surface area contributed by atoms with E-state index in [0.717, 1.165) is 0 Å². The number of carbonyl (C=O) groups excluding carboxylic acids is 3. The Bertz CT molecular complexity index is 792. The van der Waals surface area contributed by atoms with Gasteiger partial charge in [-0.1, -0.05) is 23.2 Å². The number of carbonyl (C=O) groups is 3. The lowest BCUT2D eigenvalue weighted by atomic mass is 10.2. The van der Waals surface area contributed by atoms with E-state index in [1.165, 1.54) is 30.3 Å². The number of primary amides is 1. The first-order valence-corrected chi connectivity index (χ1v) is 7.55. The van der Waals surface area contributed by atoms with Crippen LogP contribution < -0.4 is 16.4 Å². The van der Waals surface area contributed by atoms with E-state index in [-0.39, 0.29) is 11.6 Å². The minimum Gasteiger partial charge on any atom is -0.366 e. The van der Waals surface area contributed by atoms with Crippen LogP contribution in [0.1, 0.15) is 20.7 Å². The van der Waals surface area contributed by atoms with Crippen LogP contribution in [-0.4, -0.2) is 24.3 Å². The molecule has 2 rings (SSSR count). The molecule has 3 amide bonds. The summed E-state index contributed by atoms with van der Waals surface area (Å²) >= 11 is 11.6. The summed E-state index contributed by atoms with van der Waals surface area (Å²) in [5.74, 6) is -1.43. The molecular weight excluding hydrogens is 353 g/mol. The Balaban J connectivity index is 1.89. The van der Waals surface area contributed by atoms with Crippen LogP contribution in [-0.2, 0) is 4.79 Å². The van der Waals surface area contributed by atoms with Crippen molar-refractivity contribution in [3.8, 4) is 0 Å². The van der Waals surface area contributed by atoms with E-state index < -0.39 is 17.7 Å². The molecule has 0 unspecified atom stereocenters. The molecule has 2 aromatic carbocycles. The zero-order valence-electron chi connectivity index (χ0n) is 12.3. The fraction of sp³-hybridized carbons (Fsp3) is 0.0625. The lowest BCUT2D eigenvalue weighted by Crippen LogP contribution is -2.32. The molecule has 0 aliphatic heterocycles. The smallest absolute Gasteiger partial charge is 0.251 e. The molecule has 6 nitrogen and oxygen atoms in total. The first-order chi connectivity index (χ1) is 11.4. The maximum Gasteiger partial charge on any atom is 0.251 e. The molecule has 0 saturated heterocycles. The van der Waals surface area contributed by atoms with Gasteiger partial charge in [0, 0.05) is 16.8 Å². The molecule has 8 heteroatoms. The van der Waals surface area contributed by atoms with E-state index in [0.29, 0.717) is 21.8 Å². The second-order valence-electron chi connectivity index (χ2n) is 4.80. The molecule has 2 aromatic rings. The molecule has 0 aliphatic rings. The summed E-state index contributed by atoms with van der Waals surface area (Å²) in [5.41, 5.74) is 6.24. The summed E-state index contributed by atoms with van der Waals surface area (Å²) < 4.78 is 0. The number of hydrogen-bond acceptors (Lipinski definition) is 3. The molecule has 0 radical (unpaired) electrons. The highest BCUT2D eigenvalue weighted by Crippen LogP contribution is 2.22. The molecule has 0 spiro atoms. The van der Waals surface area contributed by atoms with Crippen molar-refractivity contribution in [2.24, 2.45) is 5.73 Å². The third-order valence-corrected chi connectivity index (χ3v) is 3.78. The molecule has 24 heavy (non-hydrogen) atoms. The van der Waals surface area contributed by atoms with Crippen LogP contribution in [0, 0.1) is 0 Å². The normalized spacial score (nSPS) is 10.1. The number of benzene rings is 2. The zero-order valence-corrected chi connectivity index (χ0v) is 13.8. The Hall–Kier alpha value is -2.57. The van der Waals surface area contributed by atoms with Crippen LogP contribution in [0.2, 0.25) is 10.0 Å². The Morgan fingerprint density at radius 3 is 2.12 bits per heavy atom. The molecular formula is C16H13Cl2N3O3. The van der Waals surface area contributed by atoms with Crippen molar-refractivity contribution in [3.63, 3.8) is 0 Å². The van der Waals surface area contributed by atoms with Crippen molar-refractivity contribution in [2.75, 3.05) is 11.9 Å². The van der Waals surface area contributed by atoms with Crippen LogP contribution in [0.25, 0.3) is 0 Å². The first kappa shape index (κ1) is 17.8. The van der Waals surface area contributed by atoms with Gasteiger partial charge in [0.25, 0.3) is 5.91 Å². The van der Waals surface area contributed by atoms with E-state index in [2.05, 4.69) is 10.6 Å². The van der Waals surface area contributed by atoms with Gasteiger partial charge < -0.3 is 16.4 Å². The van der Waals surface area contributed by atoms with Gasteiger partial charge in [0.2, 0.25) is 11.8 Å². The maximum atomic E-state index is 11.9. The van der Waals surface area contributed by atoms with Crippen LogP contribution >= 0.6 is 23.2 Å². The van der Waals surface area contributed by atoms with Crippen LogP contribution in [0.5, 0.6) is 0 Å². The fourth-order valence-electron chi connectivity index (χ4n) is 1.82. The monoisotopic (exact) mass is 365 g/mol. The SMILES string of the molecule is NC(=O)c1ccc(NC(=O)CNC(=O)c2ccc(Cl)c(Cl)c2)cc1. The first-order valence-electron chi connectivity index (χ1n) is 6.80. The lowest BCUT2D eigenvalue weighted by molar-refractivity contribution is -0.115. The van der Waals surface area contributed by atoms with Crippen molar-refractivity contribution in [2.45, 2.75) is 0 Å². The highest BCUT2D eigenvalue weighted by molar-refractivity contribution is 6.42. The number of nitrogens with two attached hydrogens (primary N) is 1. The summed E-state index contributed by atoms with van der Waals surface area (Å²) in [7, 11) is 0. The summed E-state index contributed by atoms with van der Waals surface area (Å²) in [6.45, 7) is -0.226. The molecule has 4 N–H and O–H groups in total. The highest BCUT2D eigenvalue weighted by Gasteiger charge is 2.10. The summed E-state index contributed by atoms with van der Waals surface area (Å²) in [5, 5.41) is 5.64. The standard InChI is InChI=1S/C16H13Cl2N3O3/c17-12-6-3-10(7-13(12)18)16(24)20-8-14(22)21-11-4-1-9(2-5-11)15(19)23/h1-7H,8H2,(H2,19,23)(H,20,24)(H,21,22). The number of nitrogens with one attached hydrogen (secondary N) is 2. The van der Waals surface area contributed by atoms with Crippen molar-refractivity contribution in [1.82, 2.24) is 5.32 Å². The maximum absolute atomic E-state index is 11.9. The Kier molecular flexibility index (Phi) is 5.78. The van der Waals surface area contributed by atoms with Gasteiger partial charge in [-0.3, -0.25) is 14.4 Å². The molecule has 0 heterocycles. The van der Waals surface area contributed by atoms with Crippen LogP contribution in [0.3, 0.4) is 0 Å².